The minimum atomic E-state index is -0.637. The van der Waals surface area contributed by atoms with Gasteiger partial charge in [0.25, 0.3) is 0 Å². The Morgan fingerprint density at radius 1 is 1.24 bits per heavy atom. The highest BCUT2D eigenvalue weighted by atomic mass is 32.1. The lowest BCUT2D eigenvalue weighted by Crippen LogP contribution is -2.19. The van der Waals surface area contributed by atoms with Gasteiger partial charge in [-0.1, -0.05) is 12.1 Å². The third-order valence-corrected chi connectivity index (χ3v) is 4.36. The molecule has 5 heteroatoms. The van der Waals surface area contributed by atoms with Gasteiger partial charge in [-0.2, -0.15) is 0 Å². The van der Waals surface area contributed by atoms with E-state index in [0.717, 1.165) is 21.9 Å². The summed E-state index contributed by atoms with van der Waals surface area (Å²) in [6, 6.07) is 9.58. The molecule has 0 radical (unpaired) electrons. The monoisotopic (exact) mass is 307 g/mol. The standard InChI is InChI=1S/C16H21NO3S/c1-3-20-12-6-4-11(5-7-12)14(9-17)16(18)15-8-13(19-2)10-21-15/h4-8,10,14,16,18H,3,9,17H2,1-2H3. The Morgan fingerprint density at radius 2 is 1.95 bits per heavy atom. The number of benzene rings is 1. The van der Waals surface area contributed by atoms with E-state index in [1.807, 2.05) is 42.6 Å². The maximum Gasteiger partial charge on any atom is 0.129 e. The third-order valence-electron chi connectivity index (χ3n) is 3.38. The zero-order valence-electron chi connectivity index (χ0n) is 12.3. The smallest absolute Gasteiger partial charge is 0.129 e. The van der Waals surface area contributed by atoms with Crippen LogP contribution in [0.4, 0.5) is 0 Å². The predicted molar refractivity (Wildman–Crippen MR) is 85.2 cm³/mol. The summed E-state index contributed by atoms with van der Waals surface area (Å²) in [5.41, 5.74) is 6.86. The summed E-state index contributed by atoms with van der Waals surface area (Å²) in [6.45, 7) is 2.96. The van der Waals surface area contributed by atoms with Gasteiger partial charge in [-0.15, -0.1) is 11.3 Å². The molecule has 0 aliphatic heterocycles. The van der Waals surface area contributed by atoms with Gasteiger partial charge in [-0.3, -0.25) is 0 Å². The van der Waals surface area contributed by atoms with E-state index in [2.05, 4.69) is 0 Å². The lowest BCUT2D eigenvalue weighted by atomic mass is 9.92. The first kappa shape index (κ1) is 15.8. The molecule has 0 saturated carbocycles. The molecule has 1 heterocycles. The van der Waals surface area contributed by atoms with Crippen LogP contribution in [0.2, 0.25) is 0 Å². The van der Waals surface area contributed by atoms with E-state index in [-0.39, 0.29) is 5.92 Å². The summed E-state index contributed by atoms with van der Waals surface area (Å²) in [4.78, 5) is 0.858. The normalized spacial score (nSPS) is 13.7. The average Bonchev–Trinajstić information content (AvgIpc) is 2.99. The number of ether oxygens (including phenoxy) is 2. The maximum absolute atomic E-state index is 10.6. The second kappa shape index (κ2) is 7.45. The van der Waals surface area contributed by atoms with E-state index in [0.29, 0.717) is 13.2 Å². The molecule has 0 amide bonds. The first-order valence-corrected chi connectivity index (χ1v) is 7.80. The number of nitrogens with two attached hydrogens (primary N) is 1. The molecule has 2 atom stereocenters. The number of rotatable bonds is 7. The van der Waals surface area contributed by atoms with Crippen LogP contribution in [0, 0.1) is 0 Å². The van der Waals surface area contributed by atoms with Gasteiger partial charge in [-0.05, 0) is 30.7 Å². The number of aliphatic hydroxyl groups excluding tert-OH is 1. The van der Waals surface area contributed by atoms with Gasteiger partial charge in [-0.25, -0.2) is 0 Å². The molecule has 1 aromatic heterocycles. The van der Waals surface area contributed by atoms with Crippen molar-refractivity contribution in [2.75, 3.05) is 20.3 Å². The summed E-state index contributed by atoms with van der Waals surface area (Å²) in [5.74, 6) is 1.44. The Hall–Kier alpha value is -1.56. The van der Waals surface area contributed by atoms with Crippen molar-refractivity contribution in [3.05, 3.63) is 46.2 Å². The fraction of sp³-hybridized carbons (Fsp3) is 0.375. The van der Waals surface area contributed by atoms with Crippen molar-refractivity contribution in [1.82, 2.24) is 0 Å². The summed E-state index contributed by atoms with van der Waals surface area (Å²) in [6.07, 6.45) is -0.637. The number of aliphatic hydroxyl groups is 1. The van der Waals surface area contributed by atoms with Crippen molar-refractivity contribution in [2.24, 2.45) is 5.73 Å². The molecule has 2 rings (SSSR count). The Kier molecular flexibility index (Phi) is 5.61. The van der Waals surface area contributed by atoms with E-state index >= 15 is 0 Å². The molecular formula is C16H21NO3S. The van der Waals surface area contributed by atoms with Crippen LogP contribution in [0.5, 0.6) is 11.5 Å². The Balaban J connectivity index is 2.17. The third kappa shape index (κ3) is 3.75. The molecule has 0 bridgehead atoms. The van der Waals surface area contributed by atoms with Gasteiger partial charge >= 0.3 is 0 Å². The minimum Gasteiger partial charge on any atom is -0.496 e. The number of methoxy groups -OCH3 is 1. The van der Waals surface area contributed by atoms with Gasteiger partial charge in [0.15, 0.2) is 0 Å². The zero-order chi connectivity index (χ0) is 15.2. The van der Waals surface area contributed by atoms with Crippen molar-refractivity contribution in [3.63, 3.8) is 0 Å². The number of hydrogen-bond acceptors (Lipinski definition) is 5. The quantitative estimate of drug-likeness (QED) is 0.825. The lowest BCUT2D eigenvalue weighted by molar-refractivity contribution is 0.151. The molecule has 114 valence electrons. The number of hydrogen-bond donors (Lipinski definition) is 2. The van der Waals surface area contributed by atoms with Gasteiger partial charge in [0.1, 0.15) is 11.5 Å². The van der Waals surface area contributed by atoms with Crippen LogP contribution in [0.3, 0.4) is 0 Å². The van der Waals surface area contributed by atoms with Gasteiger partial charge < -0.3 is 20.3 Å². The molecule has 21 heavy (non-hydrogen) atoms. The first-order chi connectivity index (χ1) is 10.2. The lowest BCUT2D eigenvalue weighted by Gasteiger charge is -2.21. The van der Waals surface area contributed by atoms with E-state index in [4.69, 9.17) is 15.2 Å². The Labute approximate surface area is 129 Å². The van der Waals surface area contributed by atoms with Crippen molar-refractivity contribution >= 4 is 11.3 Å². The van der Waals surface area contributed by atoms with Gasteiger partial charge in [0, 0.05) is 22.7 Å². The fourth-order valence-electron chi connectivity index (χ4n) is 2.22. The maximum atomic E-state index is 10.6. The molecule has 0 aliphatic rings. The molecule has 2 unspecified atom stereocenters. The average molecular weight is 307 g/mol. The van der Waals surface area contributed by atoms with E-state index in [1.54, 1.807) is 7.11 Å². The van der Waals surface area contributed by atoms with Crippen molar-refractivity contribution < 1.29 is 14.6 Å². The van der Waals surface area contributed by atoms with Crippen LogP contribution in [-0.2, 0) is 0 Å². The molecule has 2 aromatic rings. The summed E-state index contributed by atoms with van der Waals surface area (Å²) in [5, 5.41) is 12.4. The second-order valence-corrected chi connectivity index (χ2v) is 5.62. The van der Waals surface area contributed by atoms with E-state index < -0.39 is 6.10 Å². The first-order valence-electron chi connectivity index (χ1n) is 6.92. The highest BCUT2D eigenvalue weighted by molar-refractivity contribution is 7.10. The number of thiophene rings is 1. The molecular weight excluding hydrogens is 286 g/mol. The molecule has 4 nitrogen and oxygen atoms in total. The molecule has 3 N–H and O–H groups in total. The summed E-state index contributed by atoms with van der Waals surface area (Å²) >= 11 is 1.48. The zero-order valence-corrected chi connectivity index (χ0v) is 13.1. The Bertz CT molecular complexity index is 553. The molecule has 0 aliphatic carbocycles. The van der Waals surface area contributed by atoms with Crippen molar-refractivity contribution in [2.45, 2.75) is 18.9 Å². The molecule has 0 fully saturated rings. The largest absolute Gasteiger partial charge is 0.496 e. The second-order valence-electron chi connectivity index (χ2n) is 4.68. The van der Waals surface area contributed by atoms with Crippen molar-refractivity contribution in [1.29, 1.82) is 0 Å². The van der Waals surface area contributed by atoms with E-state index in [1.165, 1.54) is 11.3 Å². The molecule has 0 spiro atoms. The summed E-state index contributed by atoms with van der Waals surface area (Å²) in [7, 11) is 1.62. The van der Waals surface area contributed by atoms with Crippen LogP contribution >= 0.6 is 11.3 Å². The van der Waals surface area contributed by atoms with Gasteiger partial charge in [0.2, 0.25) is 0 Å². The van der Waals surface area contributed by atoms with E-state index in [9.17, 15) is 5.11 Å². The summed E-state index contributed by atoms with van der Waals surface area (Å²) < 4.78 is 10.6. The molecule has 0 saturated heterocycles. The van der Waals surface area contributed by atoms with Crippen LogP contribution in [0.1, 0.15) is 29.4 Å². The van der Waals surface area contributed by atoms with Crippen LogP contribution < -0.4 is 15.2 Å². The highest BCUT2D eigenvalue weighted by Crippen LogP contribution is 2.36. The van der Waals surface area contributed by atoms with Gasteiger partial charge in [0.05, 0.1) is 19.8 Å². The van der Waals surface area contributed by atoms with Crippen LogP contribution in [0.25, 0.3) is 0 Å². The topological polar surface area (TPSA) is 64.7 Å². The molecule has 1 aromatic carbocycles. The predicted octanol–water partition coefficient (Wildman–Crippen LogP) is 2.93. The Morgan fingerprint density at radius 3 is 2.48 bits per heavy atom. The minimum absolute atomic E-state index is 0.149. The van der Waals surface area contributed by atoms with Crippen LogP contribution in [0.15, 0.2) is 35.7 Å². The highest BCUT2D eigenvalue weighted by Gasteiger charge is 2.23. The van der Waals surface area contributed by atoms with Crippen molar-refractivity contribution in [3.8, 4) is 11.5 Å². The fourth-order valence-corrected chi connectivity index (χ4v) is 3.12. The van der Waals surface area contributed by atoms with Crippen LogP contribution in [-0.4, -0.2) is 25.4 Å². The SMILES string of the molecule is CCOc1ccc(C(CN)C(O)c2cc(OC)cs2)cc1.